The zero-order chi connectivity index (χ0) is 23.9. The summed E-state index contributed by atoms with van der Waals surface area (Å²) in [5, 5.41) is 8.58. The number of benzene rings is 2. The Morgan fingerprint density at radius 1 is 1.06 bits per heavy atom. The van der Waals surface area contributed by atoms with E-state index in [9.17, 15) is 17.6 Å². The van der Waals surface area contributed by atoms with Crippen LogP contribution in [0.5, 0.6) is 5.75 Å². The highest BCUT2D eigenvalue weighted by Gasteiger charge is 2.38. The van der Waals surface area contributed by atoms with Gasteiger partial charge >= 0.3 is 0 Å². The van der Waals surface area contributed by atoms with Gasteiger partial charge in [-0.3, -0.25) is 4.79 Å². The van der Waals surface area contributed by atoms with Gasteiger partial charge in [-0.1, -0.05) is 0 Å². The molecule has 3 aliphatic rings. The van der Waals surface area contributed by atoms with E-state index in [-0.39, 0.29) is 27.2 Å². The Balaban J connectivity index is 1.34. The molecule has 1 heterocycles. The van der Waals surface area contributed by atoms with Crippen molar-refractivity contribution in [1.29, 1.82) is 5.26 Å². The number of nitriles is 1. The number of carbonyl (C=O) groups is 1. The Morgan fingerprint density at radius 2 is 1.79 bits per heavy atom. The fraction of sp³-hybridized carbons (Fsp3) is 0.440. The molecule has 9 heteroatoms. The predicted molar refractivity (Wildman–Crippen MR) is 124 cm³/mol. The first-order valence-electron chi connectivity index (χ1n) is 11.6. The molecule has 3 fully saturated rings. The molecule has 0 radical (unpaired) electrons. The molecule has 7 nitrogen and oxygen atoms in total. The number of rotatable bonds is 7. The standard InChI is InChI=1S/C25H26FN3O4S/c26-22-13-18(15-27)3-7-23(22)28-9-11-29(12-10-28)25(30)21-14-20(34(31,32)19-4-5-19)6-8-24(21)33-16-17-1-2-17/h3,6-8,13-14,17,19H,1-2,4-5,9-12,16H2. The molecule has 34 heavy (non-hydrogen) atoms. The molecule has 2 saturated carbocycles. The second-order valence-corrected chi connectivity index (χ2v) is 11.4. The van der Waals surface area contributed by atoms with Crippen LogP contribution in [0.15, 0.2) is 41.3 Å². The first kappa shape index (κ1) is 22.7. The maximum atomic E-state index is 14.4. The molecule has 2 aliphatic carbocycles. The smallest absolute Gasteiger partial charge is 0.257 e. The van der Waals surface area contributed by atoms with E-state index in [1.165, 1.54) is 18.2 Å². The van der Waals surface area contributed by atoms with Gasteiger partial charge in [0.25, 0.3) is 5.91 Å². The summed E-state index contributed by atoms with van der Waals surface area (Å²) in [6.07, 6.45) is 3.51. The minimum atomic E-state index is -3.44. The molecule has 1 aliphatic heterocycles. The van der Waals surface area contributed by atoms with Crippen molar-refractivity contribution >= 4 is 21.4 Å². The van der Waals surface area contributed by atoms with Crippen LogP contribution in [0.1, 0.15) is 41.6 Å². The van der Waals surface area contributed by atoms with Crippen LogP contribution < -0.4 is 9.64 Å². The van der Waals surface area contributed by atoms with E-state index in [0.29, 0.717) is 63.0 Å². The van der Waals surface area contributed by atoms with Gasteiger partial charge in [0.05, 0.1) is 39.6 Å². The number of hydrogen-bond donors (Lipinski definition) is 0. The quantitative estimate of drug-likeness (QED) is 0.600. The molecular weight excluding hydrogens is 457 g/mol. The van der Waals surface area contributed by atoms with Crippen molar-refractivity contribution in [1.82, 2.24) is 4.90 Å². The Morgan fingerprint density at radius 3 is 2.41 bits per heavy atom. The molecule has 0 aromatic heterocycles. The van der Waals surface area contributed by atoms with Crippen molar-refractivity contribution < 1.29 is 22.3 Å². The molecule has 1 amide bonds. The number of hydrogen-bond acceptors (Lipinski definition) is 6. The number of sulfone groups is 1. The third-order valence-corrected chi connectivity index (χ3v) is 8.89. The number of piperazine rings is 1. The first-order chi connectivity index (χ1) is 16.4. The number of ether oxygens (including phenoxy) is 1. The van der Waals surface area contributed by atoms with Crippen molar-refractivity contribution in [2.24, 2.45) is 5.92 Å². The monoisotopic (exact) mass is 483 g/mol. The molecule has 2 aromatic carbocycles. The average molecular weight is 484 g/mol. The van der Waals surface area contributed by atoms with E-state index in [4.69, 9.17) is 10.00 Å². The third kappa shape index (κ3) is 4.60. The summed E-state index contributed by atoms with van der Waals surface area (Å²) in [6.45, 7) is 2.08. The Bertz CT molecular complexity index is 1260. The second kappa shape index (κ2) is 8.91. The summed E-state index contributed by atoms with van der Waals surface area (Å²) >= 11 is 0. The molecule has 0 N–H and O–H groups in total. The lowest BCUT2D eigenvalue weighted by atomic mass is 10.1. The second-order valence-electron chi connectivity index (χ2n) is 9.21. The Hall–Kier alpha value is -3.12. The molecule has 0 unspecified atom stereocenters. The molecular formula is C25H26FN3O4S. The summed E-state index contributed by atoms with van der Waals surface area (Å²) in [6, 6.07) is 10.9. The average Bonchev–Trinajstić information content (AvgIpc) is 3.76. The largest absolute Gasteiger partial charge is 0.492 e. The fourth-order valence-corrected chi connectivity index (χ4v) is 5.88. The normalized spacial score (nSPS) is 18.5. The summed E-state index contributed by atoms with van der Waals surface area (Å²) < 4.78 is 45.9. The van der Waals surface area contributed by atoms with E-state index in [1.54, 1.807) is 23.1 Å². The van der Waals surface area contributed by atoms with Crippen LogP contribution in [0.4, 0.5) is 10.1 Å². The van der Waals surface area contributed by atoms with Crippen LogP contribution in [0.25, 0.3) is 0 Å². The Labute approximate surface area is 198 Å². The zero-order valence-corrected chi connectivity index (χ0v) is 19.6. The zero-order valence-electron chi connectivity index (χ0n) is 18.7. The van der Waals surface area contributed by atoms with Crippen molar-refractivity contribution in [3.8, 4) is 11.8 Å². The van der Waals surface area contributed by atoms with E-state index < -0.39 is 15.7 Å². The van der Waals surface area contributed by atoms with Crippen LogP contribution in [0, 0.1) is 23.1 Å². The van der Waals surface area contributed by atoms with Crippen LogP contribution in [0.3, 0.4) is 0 Å². The predicted octanol–water partition coefficient (Wildman–Crippen LogP) is 3.38. The van der Waals surface area contributed by atoms with Gasteiger partial charge in [0.1, 0.15) is 11.6 Å². The maximum Gasteiger partial charge on any atom is 0.257 e. The number of anilines is 1. The molecule has 0 bridgehead atoms. The third-order valence-electron chi connectivity index (χ3n) is 6.63. The molecule has 2 aromatic rings. The molecule has 0 spiro atoms. The number of nitrogens with zero attached hydrogens (tertiary/aromatic N) is 3. The molecule has 0 atom stereocenters. The summed E-state index contributed by atoms with van der Waals surface area (Å²) in [5.41, 5.74) is 0.923. The van der Waals surface area contributed by atoms with Crippen LogP contribution >= 0.6 is 0 Å². The van der Waals surface area contributed by atoms with Gasteiger partial charge in [0, 0.05) is 26.2 Å². The molecule has 5 rings (SSSR count). The van der Waals surface area contributed by atoms with Gasteiger partial charge in [-0.05, 0) is 68.0 Å². The van der Waals surface area contributed by atoms with Gasteiger partial charge in [-0.2, -0.15) is 5.26 Å². The van der Waals surface area contributed by atoms with Gasteiger partial charge in [-0.25, -0.2) is 12.8 Å². The molecule has 1 saturated heterocycles. The van der Waals surface area contributed by atoms with Crippen molar-refractivity contribution in [3.05, 3.63) is 53.3 Å². The lowest BCUT2D eigenvalue weighted by Gasteiger charge is -2.36. The first-order valence-corrected chi connectivity index (χ1v) is 13.2. The van der Waals surface area contributed by atoms with Gasteiger partial charge in [0.15, 0.2) is 9.84 Å². The van der Waals surface area contributed by atoms with E-state index in [1.807, 2.05) is 11.0 Å². The lowest BCUT2D eigenvalue weighted by Crippen LogP contribution is -2.49. The van der Waals surface area contributed by atoms with Crippen molar-refractivity contribution in [2.45, 2.75) is 35.8 Å². The van der Waals surface area contributed by atoms with E-state index >= 15 is 0 Å². The van der Waals surface area contributed by atoms with Crippen LogP contribution in [-0.2, 0) is 9.84 Å². The maximum absolute atomic E-state index is 14.4. The van der Waals surface area contributed by atoms with E-state index in [2.05, 4.69) is 0 Å². The van der Waals surface area contributed by atoms with Crippen LogP contribution in [0.2, 0.25) is 0 Å². The van der Waals surface area contributed by atoms with Crippen LogP contribution in [-0.4, -0.2) is 57.3 Å². The summed E-state index contributed by atoms with van der Waals surface area (Å²) in [7, 11) is -3.44. The minimum Gasteiger partial charge on any atom is -0.492 e. The fourth-order valence-electron chi connectivity index (χ4n) is 4.20. The highest BCUT2D eigenvalue weighted by atomic mass is 32.2. The SMILES string of the molecule is N#Cc1ccc(N2CCN(C(=O)c3cc(S(=O)(=O)C4CC4)ccc3OCC3CC3)CC2)c(F)c1. The summed E-state index contributed by atoms with van der Waals surface area (Å²) in [5.74, 6) is 0.155. The minimum absolute atomic E-state index is 0.162. The Kier molecular flexibility index (Phi) is 5.94. The van der Waals surface area contributed by atoms with Gasteiger partial charge in [0.2, 0.25) is 0 Å². The van der Waals surface area contributed by atoms with Gasteiger partial charge in [-0.15, -0.1) is 0 Å². The highest BCUT2D eigenvalue weighted by Crippen LogP contribution is 2.36. The number of carbonyl (C=O) groups excluding carboxylic acids is 1. The summed E-state index contributed by atoms with van der Waals surface area (Å²) in [4.78, 5) is 17.1. The molecule has 178 valence electrons. The van der Waals surface area contributed by atoms with Crippen molar-refractivity contribution in [3.63, 3.8) is 0 Å². The number of amides is 1. The van der Waals surface area contributed by atoms with Crippen molar-refractivity contribution in [2.75, 3.05) is 37.7 Å². The number of halogens is 1. The lowest BCUT2D eigenvalue weighted by molar-refractivity contribution is 0.0741. The highest BCUT2D eigenvalue weighted by molar-refractivity contribution is 7.92. The van der Waals surface area contributed by atoms with Gasteiger partial charge < -0.3 is 14.5 Å². The topological polar surface area (TPSA) is 90.7 Å². The van der Waals surface area contributed by atoms with E-state index in [0.717, 1.165) is 12.8 Å².